The first-order valence-electron chi connectivity index (χ1n) is 9.11. The van der Waals surface area contributed by atoms with Gasteiger partial charge in [-0.15, -0.1) is 0 Å². The quantitative estimate of drug-likeness (QED) is 0.815. The fraction of sp³-hybridized carbons (Fsp3) is 0.765. The number of aliphatic carboxylic acids is 1. The number of aromatic nitrogens is 2. The predicted molar refractivity (Wildman–Crippen MR) is 91.6 cm³/mol. The van der Waals surface area contributed by atoms with Crippen molar-refractivity contribution in [1.29, 1.82) is 0 Å². The van der Waals surface area contributed by atoms with Gasteiger partial charge in [-0.3, -0.25) is 4.79 Å². The van der Waals surface area contributed by atoms with Crippen LogP contribution in [0, 0.1) is 0 Å². The number of amides is 1. The zero-order chi connectivity index (χ0) is 20.9. The molecule has 3 rings (SSSR count). The zero-order valence-electron chi connectivity index (χ0n) is 16.0. The zero-order valence-corrected chi connectivity index (χ0v) is 16.0. The van der Waals surface area contributed by atoms with E-state index in [4.69, 9.17) is 14.4 Å². The third-order valence-electron chi connectivity index (χ3n) is 5.09. The number of piperidine rings is 1. The lowest BCUT2D eigenvalue weighted by Crippen LogP contribution is -2.39. The number of likely N-dealkylation sites (tertiary alicyclic amines) is 2. The standard InChI is InChI=1S/C15H24N4O2.C2HF3O2/c1-15(6-10-18(2)11-7-15)14-16-12(17-21-14)5-9-19-8-3-4-13(19)20;3-2(4,5)1(6)7/h3-11H2,1-2H3;(H,6,7). The van der Waals surface area contributed by atoms with Gasteiger partial charge in [0.25, 0.3) is 0 Å². The molecule has 2 aliphatic heterocycles. The third-order valence-corrected chi connectivity index (χ3v) is 5.09. The lowest BCUT2D eigenvalue weighted by atomic mass is 9.80. The second kappa shape index (κ2) is 8.89. The maximum Gasteiger partial charge on any atom is 0.490 e. The van der Waals surface area contributed by atoms with E-state index < -0.39 is 12.1 Å². The van der Waals surface area contributed by atoms with Crippen molar-refractivity contribution in [3.05, 3.63) is 11.7 Å². The van der Waals surface area contributed by atoms with Crippen molar-refractivity contribution < 1.29 is 32.4 Å². The predicted octanol–water partition coefficient (Wildman–Crippen LogP) is 1.85. The number of carboxylic acids is 1. The van der Waals surface area contributed by atoms with E-state index in [0.29, 0.717) is 19.4 Å². The molecule has 1 N–H and O–H groups in total. The van der Waals surface area contributed by atoms with E-state index in [9.17, 15) is 18.0 Å². The molecule has 0 aromatic carbocycles. The van der Waals surface area contributed by atoms with Crippen molar-refractivity contribution in [1.82, 2.24) is 19.9 Å². The molecule has 0 saturated carbocycles. The van der Waals surface area contributed by atoms with E-state index in [2.05, 4.69) is 29.0 Å². The maximum atomic E-state index is 11.6. The molecule has 1 amide bonds. The van der Waals surface area contributed by atoms with Crippen LogP contribution in [-0.2, 0) is 21.4 Å². The van der Waals surface area contributed by atoms with Crippen molar-refractivity contribution >= 4 is 11.9 Å². The Bertz CT molecular complexity index is 684. The molecule has 158 valence electrons. The molecule has 8 nitrogen and oxygen atoms in total. The minimum atomic E-state index is -5.08. The van der Waals surface area contributed by atoms with Gasteiger partial charge in [-0.05, 0) is 39.4 Å². The van der Waals surface area contributed by atoms with E-state index in [0.717, 1.165) is 50.6 Å². The number of halogens is 3. The minimum absolute atomic E-state index is 0.00121. The maximum absolute atomic E-state index is 11.6. The number of hydrogen-bond donors (Lipinski definition) is 1. The van der Waals surface area contributed by atoms with Gasteiger partial charge in [-0.2, -0.15) is 18.2 Å². The summed E-state index contributed by atoms with van der Waals surface area (Å²) >= 11 is 0. The lowest BCUT2D eigenvalue weighted by Gasteiger charge is -2.34. The Morgan fingerprint density at radius 3 is 2.39 bits per heavy atom. The Labute approximate surface area is 160 Å². The number of alkyl halides is 3. The number of carboxylic acid groups (broad SMARTS) is 1. The number of carbonyl (C=O) groups excluding carboxylic acids is 1. The summed E-state index contributed by atoms with van der Waals surface area (Å²) in [6, 6.07) is 0. The summed E-state index contributed by atoms with van der Waals surface area (Å²) in [6.07, 6.45) is -0.637. The fourth-order valence-corrected chi connectivity index (χ4v) is 3.10. The van der Waals surface area contributed by atoms with Crippen molar-refractivity contribution in [3.8, 4) is 0 Å². The molecule has 0 spiro atoms. The van der Waals surface area contributed by atoms with Crippen LogP contribution in [0.5, 0.6) is 0 Å². The second-order valence-corrected chi connectivity index (χ2v) is 7.42. The smallest absolute Gasteiger partial charge is 0.475 e. The van der Waals surface area contributed by atoms with Crippen LogP contribution in [0.4, 0.5) is 13.2 Å². The lowest BCUT2D eigenvalue weighted by molar-refractivity contribution is -0.192. The van der Waals surface area contributed by atoms with Crippen LogP contribution in [-0.4, -0.2) is 76.3 Å². The van der Waals surface area contributed by atoms with E-state index in [1.165, 1.54) is 0 Å². The summed E-state index contributed by atoms with van der Waals surface area (Å²) in [5.41, 5.74) is 0.00121. The van der Waals surface area contributed by atoms with Crippen molar-refractivity contribution in [2.24, 2.45) is 0 Å². The minimum Gasteiger partial charge on any atom is -0.475 e. The molecule has 1 aromatic rings. The number of nitrogens with zero attached hydrogens (tertiary/aromatic N) is 4. The Balaban J connectivity index is 0.000000345. The first-order valence-corrected chi connectivity index (χ1v) is 9.11. The van der Waals surface area contributed by atoms with Gasteiger partial charge >= 0.3 is 12.1 Å². The third kappa shape index (κ3) is 5.91. The average Bonchev–Trinajstić information content (AvgIpc) is 3.25. The SMILES string of the molecule is CN1CCC(C)(c2nc(CCN3CCCC3=O)no2)CC1.O=C(O)C(F)(F)F. The molecule has 0 bridgehead atoms. The van der Waals surface area contributed by atoms with Crippen LogP contribution in [0.15, 0.2) is 4.52 Å². The molecule has 2 aliphatic rings. The monoisotopic (exact) mass is 406 g/mol. The van der Waals surface area contributed by atoms with E-state index >= 15 is 0 Å². The molecule has 28 heavy (non-hydrogen) atoms. The van der Waals surface area contributed by atoms with Crippen molar-refractivity contribution in [2.45, 2.75) is 50.6 Å². The van der Waals surface area contributed by atoms with Gasteiger partial charge in [-0.25, -0.2) is 4.79 Å². The highest BCUT2D eigenvalue weighted by molar-refractivity contribution is 5.78. The van der Waals surface area contributed by atoms with E-state index in [-0.39, 0.29) is 11.3 Å². The summed E-state index contributed by atoms with van der Waals surface area (Å²) in [5, 5.41) is 11.2. The van der Waals surface area contributed by atoms with Crippen LogP contribution in [0.25, 0.3) is 0 Å². The highest BCUT2D eigenvalue weighted by Crippen LogP contribution is 2.33. The highest BCUT2D eigenvalue weighted by atomic mass is 19.4. The van der Waals surface area contributed by atoms with Crippen LogP contribution in [0.3, 0.4) is 0 Å². The van der Waals surface area contributed by atoms with Gasteiger partial charge in [-0.1, -0.05) is 12.1 Å². The molecule has 2 fully saturated rings. The Morgan fingerprint density at radius 2 is 1.89 bits per heavy atom. The topological polar surface area (TPSA) is 99.8 Å². The largest absolute Gasteiger partial charge is 0.490 e. The van der Waals surface area contributed by atoms with E-state index in [1.54, 1.807) is 0 Å². The Morgan fingerprint density at radius 1 is 1.29 bits per heavy atom. The molecular formula is C17H25F3N4O4. The number of hydrogen-bond acceptors (Lipinski definition) is 6. The highest BCUT2D eigenvalue weighted by Gasteiger charge is 2.38. The second-order valence-electron chi connectivity index (χ2n) is 7.42. The summed E-state index contributed by atoms with van der Waals surface area (Å²) in [6.45, 7) is 5.92. The molecule has 0 atom stereocenters. The molecule has 3 heterocycles. The van der Waals surface area contributed by atoms with Gasteiger partial charge in [0.1, 0.15) is 0 Å². The van der Waals surface area contributed by atoms with Gasteiger partial charge < -0.3 is 19.4 Å². The molecular weight excluding hydrogens is 381 g/mol. The normalized spacial score (nSPS) is 20.0. The van der Waals surface area contributed by atoms with Gasteiger partial charge in [0.05, 0.1) is 0 Å². The van der Waals surface area contributed by atoms with Gasteiger partial charge in [0.2, 0.25) is 11.8 Å². The molecule has 0 unspecified atom stereocenters. The first-order chi connectivity index (χ1) is 13.0. The Hall–Kier alpha value is -2.17. The van der Waals surface area contributed by atoms with Gasteiger partial charge in [0.15, 0.2) is 5.82 Å². The fourth-order valence-electron chi connectivity index (χ4n) is 3.10. The molecule has 11 heteroatoms. The molecule has 0 radical (unpaired) electrons. The average molecular weight is 406 g/mol. The van der Waals surface area contributed by atoms with Crippen molar-refractivity contribution in [3.63, 3.8) is 0 Å². The van der Waals surface area contributed by atoms with Gasteiger partial charge in [0, 0.05) is 31.3 Å². The summed E-state index contributed by atoms with van der Waals surface area (Å²) in [5.74, 6) is -1.02. The van der Waals surface area contributed by atoms with E-state index in [1.807, 2.05) is 4.90 Å². The number of rotatable bonds is 4. The van der Waals surface area contributed by atoms with Crippen LogP contribution in [0.1, 0.15) is 44.3 Å². The summed E-state index contributed by atoms with van der Waals surface area (Å²) < 4.78 is 37.2. The Kier molecular flexibility index (Phi) is 7.02. The number of carbonyl (C=O) groups is 2. The molecule has 0 aliphatic carbocycles. The first kappa shape index (κ1) is 22.1. The van der Waals surface area contributed by atoms with Crippen LogP contribution >= 0.6 is 0 Å². The summed E-state index contributed by atoms with van der Waals surface area (Å²) in [4.78, 5) is 29.3. The van der Waals surface area contributed by atoms with Crippen LogP contribution in [0.2, 0.25) is 0 Å². The summed E-state index contributed by atoms with van der Waals surface area (Å²) in [7, 11) is 2.14. The molecule has 1 aromatic heterocycles. The molecule has 2 saturated heterocycles. The van der Waals surface area contributed by atoms with Crippen LogP contribution < -0.4 is 0 Å². The van der Waals surface area contributed by atoms with Crippen molar-refractivity contribution in [2.75, 3.05) is 33.2 Å².